The minimum absolute atomic E-state index is 0.104. The molecule has 0 unspecified atom stereocenters. The summed E-state index contributed by atoms with van der Waals surface area (Å²) in [7, 11) is 0. The van der Waals surface area contributed by atoms with Crippen LogP contribution in [0.25, 0.3) is 11.3 Å². The number of anilines is 2. The lowest BCUT2D eigenvalue weighted by Gasteiger charge is -2.10. The van der Waals surface area contributed by atoms with Crippen LogP contribution in [-0.2, 0) is 16.0 Å². The van der Waals surface area contributed by atoms with Gasteiger partial charge in [-0.25, -0.2) is 9.97 Å². The van der Waals surface area contributed by atoms with E-state index in [2.05, 4.69) is 41.3 Å². The van der Waals surface area contributed by atoms with E-state index in [4.69, 9.17) is 0 Å². The van der Waals surface area contributed by atoms with Crippen molar-refractivity contribution in [3.8, 4) is 11.3 Å². The first-order valence-electron chi connectivity index (χ1n) is 9.07. The van der Waals surface area contributed by atoms with E-state index in [1.807, 2.05) is 16.8 Å². The first-order valence-corrected chi connectivity index (χ1v) is 10.8. The minimum Gasteiger partial charge on any atom is -0.302 e. The van der Waals surface area contributed by atoms with Gasteiger partial charge in [-0.1, -0.05) is 12.1 Å². The van der Waals surface area contributed by atoms with Gasteiger partial charge >= 0.3 is 0 Å². The van der Waals surface area contributed by atoms with Crippen molar-refractivity contribution in [2.24, 2.45) is 0 Å². The van der Waals surface area contributed by atoms with Crippen LogP contribution in [-0.4, -0.2) is 28.3 Å². The molecule has 0 saturated carbocycles. The van der Waals surface area contributed by atoms with Gasteiger partial charge in [0, 0.05) is 29.3 Å². The van der Waals surface area contributed by atoms with Crippen LogP contribution in [0, 0.1) is 13.8 Å². The van der Waals surface area contributed by atoms with Crippen molar-refractivity contribution < 1.29 is 9.59 Å². The van der Waals surface area contributed by atoms with E-state index < -0.39 is 0 Å². The predicted octanol–water partition coefficient (Wildman–Crippen LogP) is 4.19. The average molecular weight is 413 g/mol. The van der Waals surface area contributed by atoms with Gasteiger partial charge in [0.15, 0.2) is 10.3 Å². The summed E-state index contributed by atoms with van der Waals surface area (Å²) in [6, 6.07) is 6.22. The first-order chi connectivity index (χ1) is 13.5. The Morgan fingerprint density at radius 2 is 2.04 bits per heavy atom. The zero-order chi connectivity index (χ0) is 19.7. The van der Waals surface area contributed by atoms with E-state index >= 15 is 0 Å². The van der Waals surface area contributed by atoms with Crippen LogP contribution in [0.2, 0.25) is 0 Å². The third-order valence-corrected chi connectivity index (χ3v) is 6.41. The van der Waals surface area contributed by atoms with Crippen LogP contribution in [0.3, 0.4) is 0 Å². The number of hydrogen-bond donors (Lipinski definition) is 1. The molecular formula is C20H20N4O2S2. The molecule has 0 bridgehead atoms. The Hall–Kier alpha value is -2.58. The largest absolute Gasteiger partial charge is 0.302 e. The lowest BCUT2D eigenvalue weighted by atomic mass is 10.1. The number of carbonyl (C=O) groups excluding carboxylic acids is 2. The highest BCUT2D eigenvalue weighted by Crippen LogP contribution is 2.27. The molecule has 4 rings (SSSR count). The highest BCUT2D eigenvalue weighted by molar-refractivity contribution is 7.14. The van der Waals surface area contributed by atoms with Crippen LogP contribution in [0.1, 0.15) is 29.7 Å². The molecule has 0 spiro atoms. The second-order valence-electron chi connectivity index (χ2n) is 6.83. The monoisotopic (exact) mass is 412 g/mol. The second kappa shape index (κ2) is 7.81. The number of nitrogens with one attached hydrogen (secondary N) is 1. The van der Waals surface area contributed by atoms with Crippen molar-refractivity contribution in [2.45, 2.75) is 33.1 Å². The van der Waals surface area contributed by atoms with Gasteiger partial charge in [-0.15, -0.1) is 22.7 Å². The van der Waals surface area contributed by atoms with Crippen molar-refractivity contribution in [3.05, 3.63) is 45.8 Å². The van der Waals surface area contributed by atoms with Gasteiger partial charge in [0.2, 0.25) is 11.8 Å². The molecule has 0 aliphatic carbocycles. The van der Waals surface area contributed by atoms with Crippen LogP contribution >= 0.6 is 22.7 Å². The summed E-state index contributed by atoms with van der Waals surface area (Å²) in [5.74, 6) is -0.0578. The van der Waals surface area contributed by atoms with E-state index in [0.717, 1.165) is 17.7 Å². The summed E-state index contributed by atoms with van der Waals surface area (Å²) in [4.78, 5) is 34.8. The van der Waals surface area contributed by atoms with Crippen LogP contribution < -0.4 is 10.2 Å². The highest BCUT2D eigenvalue weighted by atomic mass is 32.1. The molecule has 1 N–H and O–H groups in total. The fourth-order valence-corrected chi connectivity index (χ4v) is 4.65. The topological polar surface area (TPSA) is 75.2 Å². The number of amides is 2. The van der Waals surface area contributed by atoms with Gasteiger partial charge in [0.05, 0.1) is 17.8 Å². The number of carbonyl (C=O) groups is 2. The molecule has 0 radical (unpaired) electrons. The molecule has 1 aromatic carbocycles. The summed E-state index contributed by atoms with van der Waals surface area (Å²) in [6.45, 7) is 4.86. The number of benzene rings is 1. The normalized spacial score (nSPS) is 13.9. The Kier molecular flexibility index (Phi) is 5.23. The number of rotatable bonds is 5. The maximum absolute atomic E-state index is 12.4. The zero-order valence-electron chi connectivity index (χ0n) is 15.7. The Balaban J connectivity index is 1.39. The summed E-state index contributed by atoms with van der Waals surface area (Å²) in [6.07, 6.45) is 1.60. The molecule has 8 heteroatoms. The summed E-state index contributed by atoms with van der Waals surface area (Å²) in [5, 5.41) is 7.88. The van der Waals surface area contributed by atoms with Crippen molar-refractivity contribution in [3.63, 3.8) is 0 Å². The van der Waals surface area contributed by atoms with E-state index in [9.17, 15) is 9.59 Å². The van der Waals surface area contributed by atoms with Gasteiger partial charge in [-0.3, -0.25) is 14.5 Å². The van der Waals surface area contributed by atoms with Crippen LogP contribution in [0.15, 0.2) is 29.0 Å². The number of hydrogen-bond acceptors (Lipinski definition) is 6. The predicted molar refractivity (Wildman–Crippen MR) is 113 cm³/mol. The number of aryl methyl sites for hydroxylation is 2. The summed E-state index contributed by atoms with van der Waals surface area (Å²) in [5.41, 5.74) is 5.02. The molecule has 2 amide bonds. The Morgan fingerprint density at radius 1 is 1.18 bits per heavy atom. The van der Waals surface area contributed by atoms with Crippen molar-refractivity contribution in [1.82, 2.24) is 9.97 Å². The minimum atomic E-state index is -0.161. The number of thiazole rings is 2. The van der Waals surface area contributed by atoms with Crippen LogP contribution in [0.4, 0.5) is 10.3 Å². The maximum atomic E-state index is 12.4. The molecule has 1 saturated heterocycles. The lowest BCUT2D eigenvalue weighted by molar-refractivity contribution is -0.117. The molecule has 6 nitrogen and oxygen atoms in total. The standard InChI is InChI=1S/C20H20N4O2S2/c1-12-5-6-14(8-13(12)2)16-11-27-19(22-16)23-17(25)9-15-10-28-20(21-15)24-7-3-4-18(24)26/h5-6,8,10-11H,3-4,7,9H2,1-2H3,(H,22,23,25). The van der Waals surface area contributed by atoms with E-state index in [1.54, 1.807) is 4.90 Å². The lowest BCUT2D eigenvalue weighted by Crippen LogP contribution is -2.23. The zero-order valence-corrected chi connectivity index (χ0v) is 17.3. The molecule has 144 valence electrons. The summed E-state index contributed by atoms with van der Waals surface area (Å²) < 4.78 is 0. The Labute approximate surface area is 171 Å². The third-order valence-electron chi connectivity index (χ3n) is 4.74. The van der Waals surface area contributed by atoms with E-state index in [1.165, 1.54) is 33.8 Å². The molecule has 28 heavy (non-hydrogen) atoms. The van der Waals surface area contributed by atoms with Gasteiger partial charge < -0.3 is 5.32 Å². The van der Waals surface area contributed by atoms with E-state index in [-0.39, 0.29) is 18.2 Å². The molecular weight excluding hydrogens is 392 g/mol. The molecule has 3 aromatic rings. The number of nitrogens with zero attached hydrogens (tertiary/aromatic N) is 3. The maximum Gasteiger partial charge on any atom is 0.232 e. The van der Waals surface area contributed by atoms with Crippen LogP contribution in [0.5, 0.6) is 0 Å². The van der Waals surface area contributed by atoms with Gasteiger partial charge in [-0.05, 0) is 37.5 Å². The molecule has 0 atom stereocenters. The fraction of sp³-hybridized carbons (Fsp3) is 0.300. The smallest absolute Gasteiger partial charge is 0.232 e. The molecule has 2 aromatic heterocycles. The average Bonchev–Trinajstić information content (AvgIpc) is 3.39. The fourth-order valence-electron chi connectivity index (χ4n) is 3.04. The van der Waals surface area contributed by atoms with Crippen molar-refractivity contribution in [1.29, 1.82) is 0 Å². The van der Waals surface area contributed by atoms with E-state index in [0.29, 0.717) is 28.9 Å². The van der Waals surface area contributed by atoms with Gasteiger partial charge in [0.25, 0.3) is 0 Å². The third kappa shape index (κ3) is 3.98. The van der Waals surface area contributed by atoms with Crippen molar-refractivity contribution >= 4 is 44.8 Å². The molecule has 1 fully saturated rings. The first kappa shape index (κ1) is 18.8. The number of aromatic nitrogens is 2. The Bertz CT molecular complexity index is 1040. The quantitative estimate of drug-likeness (QED) is 0.682. The van der Waals surface area contributed by atoms with Crippen molar-refractivity contribution in [2.75, 3.05) is 16.8 Å². The molecule has 3 heterocycles. The Morgan fingerprint density at radius 3 is 2.79 bits per heavy atom. The van der Waals surface area contributed by atoms with Gasteiger partial charge in [0.1, 0.15) is 0 Å². The van der Waals surface area contributed by atoms with Gasteiger partial charge in [-0.2, -0.15) is 0 Å². The SMILES string of the molecule is Cc1ccc(-c2csc(NC(=O)Cc3csc(N4CCCC4=O)n3)n2)cc1C. The molecule has 1 aliphatic rings. The second-order valence-corrected chi connectivity index (χ2v) is 8.53. The summed E-state index contributed by atoms with van der Waals surface area (Å²) >= 11 is 2.81. The highest BCUT2D eigenvalue weighted by Gasteiger charge is 2.24. The molecule has 1 aliphatic heterocycles.